The van der Waals surface area contributed by atoms with E-state index in [4.69, 9.17) is 13.9 Å². The molecule has 0 saturated heterocycles. The number of aromatic nitrogens is 1. The number of furan rings is 1. The van der Waals surface area contributed by atoms with Gasteiger partial charge in [-0.15, -0.1) is 0 Å². The van der Waals surface area contributed by atoms with Gasteiger partial charge in [-0.1, -0.05) is 11.3 Å². The molecule has 6 nitrogen and oxygen atoms in total. The molecule has 2 aromatic carbocycles. The highest BCUT2D eigenvalue weighted by Crippen LogP contribution is 2.34. The Labute approximate surface area is 174 Å². The predicted octanol–water partition coefficient (Wildman–Crippen LogP) is 5.03. The molecule has 2 aromatic heterocycles. The van der Waals surface area contributed by atoms with Crippen LogP contribution in [-0.4, -0.2) is 25.1 Å². The van der Waals surface area contributed by atoms with E-state index in [0.29, 0.717) is 17.3 Å². The van der Waals surface area contributed by atoms with Gasteiger partial charge in [0.05, 0.1) is 37.3 Å². The largest absolute Gasteiger partial charge is 0.497 e. The maximum Gasteiger partial charge on any atom is 0.264 e. The van der Waals surface area contributed by atoms with Crippen molar-refractivity contribution in [1.82, 2.24) is 4.98 Å². The predicted molar refractivity (Wildman–Crippen MR) is 108 cm³/mol. The number of rotatable bonds is 6. The highest BCUT2D eigenvalue weighted by molar-refractivity contribution is 7.22. The minimum absolute atomic E-state index is 0.00810. The number of amides is 1. The zero-order valence-electron chi connectivity index (χ0n) is 16.0. The highest BCUT2D eigenvalue weighted by Gasteiger charge is 2.26. The van der Waals surface area contributed by atoms with Gasteiger partial charge in [0.25, 0.3) is 5.91 Å². The molecule has 0 saturated carbocycles. The number of carbonyl (C=O) groups is 1. The van der Waals surface area contributed by atoms with E-state index < -0.39 is 17.5 Å². The lowest BCUT2D eigenvalue weighted by Gasteiger charge is -2.20. The number of halogens is 2. The maximum atomic E-state index is 14.2. The van der Waals surface area contributed by atoms with Crippen LogP contribution in [0.3, 0.4) is 0 Å². The van der Waals surface area contributed by atoms with Gasteiger partial charge in [0.2, 0.25) is 0 Å². The van der Waals surface area contributed by atoms with E-state index in [2.05, 4.69) is 4.98 Å². The van der Waals surface area contributed by atoms with Crippen LogP contribution >= 0.6 is 11.3 Å². The molecule has 0 aliphatic rings. The number of thiazole rings is 1. The first-order chi connectivity index (χ1) is 14.5. The third-order valence-corrected chi connectivity index (χ3v) is 5.43. The molecule has 0 bridgehead atoms. The first-order valence-corrected chi connectivity index (χ1v) is 9.63. The number of nitrogens with zero attached hydrogens (tertiary/aromatic N) is 2. The molecule has 1 amide bonds. The molecule has 0 aliphatic heterocycles. The third kappa shape index (κ3) is 3.71. The summed E-state index contributed by atoms with van der Waals surface area (Å²) in [5, 5.41) is 0.195. The number of carbonyl (C=O) groups excluding carboxylic acids is 1. The number of hydrogen-bond acceptors (Lipinski definition) is 6. The Morgan fingerprint density at radius 3 is 2.70 bits per heavy atom. The fraction of sp³-hybridized carbons (Fsp3) is 0.143. The second kappa shape index (κ2) is 8.11. The molecular formula is C21H16F2N2O4S. The second-order valence-electron chi connectivity index (χ2n) is 6.27. The Balaban J connectivity index is 1.83. The van der Waals surface area contributed by atoms with Crippen molar-refractivity contribution in [3.63, 3.8) is 0 Å². The fourth-order valence-electron chi connectivity index (χ4n) is 2.97. The summed E-state index contributed by atoms with van der Waals surface area (Å²) in [6.45, 7) is 0.0378. The van der Waals surface area contributed by atoms with E-state index in [0.717, 1.165) is 17.4 Å². The van der Waals surface area contributed by atoms with E-state index in [9.17, 15) is 13.6 Å². The topological polar surface area (TPSA) is 64.8 Å². The third-order valence-electron chi connectivity index (χ3n) is 4.41. The van der Waals surface area contributed by atoms with Crippen molar-refractivity contribution in [2.75, 3.05) is 19.1 Å². The summed E-state index contributed by atoms with van der Waals surface area (Å²) in [7, 11) is 2.94. The number of anilines is 1. The van der Waals surface area contributed by atoms with Gasteiger partial charge in [0.15, 0.2) is 10.9 Å². The molecule has 0 N–H and O–H groups in total. The Bertz CT molecular complexity index is 1210. The second-order valence-corrected chi connectivity index (χ2v) is 7.28. The fourth-order valence-corrected chi connectivity index (χ4v) is 3.97. The molecule has 30 heavy (non-hydrogen) atoms. The zero-order valence-corrected chi connectivity index (χ0v) is 16.8. The average molecular weight is 430 g/mol. The van der Waals surface area contributed by atoms with Gasteiger partial charge >= 0.3 is 0 Å². The smallest absolute Gasteiger partial charge is 0.264 e. The number of benzene rings is 2. The normalized spacial score (nSPS) is 10.9. The van der Waals surface area contributed by atoms with Crippen molar-refractivity contribution in [3.8, 4) is 11.5 Å². The van der Waals surface area contributed by atoms with Gasteiger partial charge in [0.1, 0.15) is 28.6 Å². The van der Waals surface area contributed by atoms with Gasteiger partial charge in [0, 0.05) is 6.07 Å². The van der Waals surface area contributed by atoms with E-state index in [1.807, 2.05) is 0 Å². The van der Waals surface area contributed by atoms with Crippen LogP contribution in [-0.2, 0) is 6.54 Å². The van der Waals surface area contributed by atoms with Crippen LogP contribution in [0.4, 0.5) is 13.9 Å². The lowest BCUT2D eigenvalue weighted by atomic mass is 10.1. The van der Waals surface area contributed by atoms with Crippen molar-refractivity contribution in [2.24, 2.45) is 0 Å². The molecule has 2 heterocycles. The molecule has 0 fully saturated rings. The molecule has 4 aromatic rings. The number of fused-ring (bicyclic) bond motifs is 1. The van der Waals surface area contributed by atoms with Crippen molar-refractivity contribution >= 4 is 32.6 Å². The molecule has 4 rings (SSSR count). The molecule has 154 valence electrons. The van der Waals surface area contributed by atoms with Gasteiger partial charge in [-0.25, -0.2) is 13.8 Å². The lowest BCUT2D eigenvalue weighted by molar-refractivity contribution is 0.0980. The number of hydrogen-bond donors (Lipinski definition) is 0. The van der Waals surface area contributed by atoms with Crippen LogP contribution in [0.2, 0.25) is 0 Å². The van der Waals surface area contributed by atoms with E-state index >= 15 is 0 Å². The van der Waals surface area contributed by atoms with Gasteiger partial charge in [-0.2, -0.15) is 0 Å². The number of ether oxygens (including phenoxy) is 2. The zero-order chi connectivity index (χ0) is 21.3. The summed E-state index contributed by atoms with van der Waals surface area (Å²) in [6.07, 6.45) is 1.48. The van der Waals surface area contributed by atoms with Crippen LogP contribution < -0.4 is 14.4 Å². The first kappa shape index (κ1) is 19.8. The summed E-state index contributed by atoms with van der Waals surface area (Å²) in [6, 6.07) is 10.2. The van der Waals surface area contributed by atoms with Gasteiger partial charge in [-0.3, -0.25) is 9.69 Å². The van der Waals surface area contributed by atoms with E-state index in [1.165, 1.54) is 31.4 Å². The summed E-state index contributed by atoms with van der Waals surface area (Å²) < 4.78 is 44.0. The maximum absolute atomic E-state index is 14.2. The monoisotopic (exact) mass is 430 g/mol. The Hall–Kier alpha value is -3.46. The van der Waals surface area contributed by atoms with Crippen molar-refractivity contribution in [3.05, 3.63) is 71.7 Å². The van der Waals surface area contributed by atoms with Crippen molar-refractivity contribution in [1.29, 1.82) is 0 Å². The van der Waals surface area contributed by atoms with Crippen molar-refractivity contribution in [2.45, 2.75) is 6.54 Å². The van der Waals surface area contributed by atoms with E-state index in [-0.39, 0.29) is 27.5 Å². The van der Waals surface area contributed by atoms with E-state index in [1.54, 1.807) is 30.3 Å². The van der Waals surface area contributed by atoms with Crippen LogP contribution in [0.1, 0.15) is 16.1 Å². The Morgan fingerprint density at radius 1 is 1.17 bits per heavy atom. The quantitative estimate of drug-likeness (QED) is 0.429. The summed E-state index contributed by atoms with van der Waals surface area (Å²) in [4.78, 5) is 19.1. The van der Waals surface area contributed by atoms with Gasteiger partial charge < -0.3 is 13.9 Å². The molecular weight excluding hydrogens is 414 g/mol. The molecule has 0 unspecified atom stereocenters. The van der Waals surface area contributed by atoms with Crippen LogP contribution in [0.15, 0.2) is 53.1 Å². The molecule has 0 radical (unpaired) electrons. The molecule has 9 heteroatoms. The minimum Gasteiger partial charge on any atom is -0.497 e. The SMILES string of the molecule is COc1ccc(OC)c(C(=O)N(Cc2ccco2)c2nc3c(F)cc(F)cc3s2)c1. The summed E-state index contributed by atoms with van der Waals surface area (Å²) in [5.41, 5.74) is 0.223. The van der Waals surface area contributed by atoms with Gasteiger partial charge in [-0.05, 0) is 36.4 Å². The summed E-state index contributed by atoms with van der Waals surface area (Å²) in [5.74, 6) is -0.665. The lowest BCUT2D eigenvalue weighted by Crippen LogP contribution is -2.30. The minimum atomic E-state index is -0.795. The molecule has 0 atom stereocenters. The van der Waals surface area contributed by atoms with Crippen LogP contribution in [0.5, 0.6) is 11.5 Å². The average Bonchev–Trinajstić information content (AvgIpc) is 3.40. The number of methoxy groups -OCH3 is 2. The van der Waals surface area contributed by atoms with Crippen molar-refractivity contribution < 1.29 is 27.5 Å². The first-order valence-electron chi connectivity index (χ1n) is 8.82. The van der Waals surface area contributed by atoms with Crippen LogP contribution in [0, 0.1) is 11.6 Å². The Morgan fingerprint density at radius 2 is 2.00 bits per heavy atom. The Kier molecular flexibility index (Phi) is 5.37. The molecule has 0 aliphatic carbocycles. The standard InChI is InChI=1S/C21H16F2N2O4S/c1-27-13-5-6-17(28-2)15(10-13)20(26)25(11-14-4-3-7-29-14)21-24-19-16(23)8-12(22)9-18(19)30-21/h3-10H,11H2,1-2H3. The van der Waals surface area contributed by atoms with Crippen LogP contribution in [0.25, 0.3) is 10.2 Å². The molecule has 0 spiro atoms. The highest BCUT2D eigenvalue weighted by atomic mass is 32.1. The summed E-state index contributed by atoms with van der Waals surface area (Å²) >= 11 is 1.00.